The fourth-order valence-electron chi connectivity index (χ4n) is 1.81. The molecule has 2 N–H and O–H groups in total. The van der Waals surface area contributed by atoms with Crippen molar-refractivity contribution in [3.05, 3.63) is 22.8 Å². The summed E-state index contributed by atoms with van der Waals surface area (Å²) in [5, 5.41) is 0. The second-order valence-electron chi connectivity index (χ2n) is 3.61. The largest absolute Gasteiger partial charge is 0.330 e. The minimum Gasteiger partial charge on any atom is -0.330 e. The highest BCUT2D eigenvalue weighted by Gasteiger charge is 2.10. The van der Waals surface area contributed by atoms with Crippen molar-refractivity contribution in [1.29, 1.82) is 0 Å². The lowest BCUT2D eigenvalue weighted by molar-refractivity contribution is 0.795. The van der Waals surface area contributed by atoms with E-state index in [0.717, 1.165) is 31.5 Å². The third-order valence-corrected chi connectivity index (χ3v) is 2.61. The number of nitrogens with two attached hydrogens (primary N) is 1. The van der Waals surface area contributed by atoms with Crippen LogP contribution in [-0.2, 0) is 25.7 Å². The van der Waals surface area contributed by atoms with Gasteiger partial charge < -0.3 is 5.73 Å². The highest BCUT2D eigenvalue weighted by atomic mass is 14.9. The average Bonchev–Trinajstić information content (AvgIpc) is 2.29. The van der Waals surface area contributed by atoms with Gasteiger partial charge in [0.25, 0.3) is 0 Å². The fraction of sp³-hybridized carbons (Fsp3) is 0.667. The second kappa shape index (κ2) is 5.81. The van der Waals surface area contributed by atoms with Gasteiger partial charge in [-0.05, 0) is 31.4 Å². The van der Waals surface area contributed by atoms with Gasteiger partial charge in [-0.3, -0.25) is 0 Å². The summed E-state index contributed by atoms with van der Waals surface area (Å²) >= 11 is 0. The van der Waals surface area contributed by atoms with E-state index in [1.54, 1.807) is 0 Å². The lowest BCUT2D eigenvalue weighted by Gasteiger charge is -2.12. The molecule has 0 atom stereocenters. The number of aromatic nitrogens is 2. The van der Waals surface area contributed by atoms with E-state index in [1.807, 2.05) is 0 Å². The molecule has 0 fully saturated rings. The lowest BCUT2D eigenvalue weighted by atomic mass is 10.0. The SMILES string of the molecule is CCc1nc(CC)c(CCN)c(CC)n1. The molecule has 0 bridgehead atoms. The Morgan fingerprint density at radius 3 is 1.80 bits per heavy atom. The molecule has 84 valence electrons. The van der Waals surface area contributed by atoms with Crippen LogP contribution < -0.4 is 5.73 Å². The number of aryl methyl sites for hydroxylation is 3. The second-order valence-corrected chi connectivity index (χ2v) is 3.61. The van der Waals surface area contributed by atoms with E-state index < -0.39 is 0 Å². The monoisotopic (exact) mass is 207 g/mol. The van der Waals surface area contributed by atoms with Crippen molar-refractivity contribution >= 4 is 0 Å². The zero-order chi connectivity index (χ0) is 11.3. The van der Waals surface area contributed by atoms with Gasteiger partial charge in [0.2, 0.25) is 0 Å². The van der Waals surface area contributed by atoms with Crippen LogP contribution in [0.25, 0.3) is 0 Å². The van der Waals surface area contributed by atoms with E-state index in [0.29, 0.717) is 6.54 Å². The van der Waals surface area contributed by atoms with Crippen LogP contribution in [0.4, 0.5) is 0 Å². The lowest BCUT2D eigenvalue weighted by Crippen LogP contribution is -2.13. The molecular weight excluding hydrogens is 186 g/mol. The predicted octanol–water partition coefficient (Wildman–Crippen LogP) is 1.67. The van der Waals surface area contributed by atoms with Crippen LogP contribution in [0.2, 0.25) is 0 Å². The molecule has 3 nitrogen and oxygen atoms in total. The first kappa shape index (κ1) is 12.1. The minimum absolute atomic E-state index is 0.675. The molecule has 0 amide bonds. The van der Waals surface area contributed by atoms with Crippen LogP contribution in [-0.4, -0.2) is 16.5 Å². The topological polar surface area (TPSA) is 51.8 Å². The first-order chi connectivity index (χ1) is 7.26. The summed E-state index contributed by atoms with van der Waals surface area (Å²) in [6, 6.07) is 0. The molecule has 15 heavy (non-hydrogen) atoms. The molecule has 0 aliphatic heterocycles. The molecule has 0 spiro atoms. The van der Waals surface area contributed by atoms with E-state index in [9.17, 15) is 0 Å². The Kier molecular flexibility index (Phi) is 4.69. The van der Waals surface area contributed by atoms with Gasteiger partial charge in [0, 0.05) is 17.8 Å². The van der Waals surface area contributed by atoms with Crippen molar-refractivity contribution in [2.24, 2.45) is 5.73 Å². The van der Waals surface area contributed by atoms with E-state index in [1.165, 1.54) is 17.0 Å². The maximum absolute atomic E-state index is 5.62. The number of rotatable bonds is 5. The van der Waals surface area contributed by atoms with Gasteiger partial charge >= 0.3 is 0 Å². The zero-order valence-electron chi connectivity index (χ0n) is 10.0. The highest BCUT2D eigenvalue weighted by molar-refractivity contribution is 5.27. The van der Waals surface area contributed by atoms with Gasteiger partial charge in [0.1, 0.15) is 5.82 Å². The fourth-order valence-corrected chi connectivity index (χ4v) is 1.81. The third-order valence-electron chi connectivity index (χ3n) is 2.61. The van der Waals surface area contributed by atoms with Crippen LogP contribution in [0.1, 0.15) is 43.5 Å². The van der Waals surface area contributed by atoms with Gasteiger partial charge in [0.15, 0.2) is 0 Å². The number of hydrogen-bond acceptors (Lipinski definition) is 3. The Bertz CT molecular complexity index is 296. The Balaban J connectivity index is 3.19. The van der Waals surface area contributed by atoms with Crippen molar-refractivity contribution in [2.45, 2.75) is 46.5 Å². The van der Waals surface area contributed by atoms with E-state index >= 15 is 0 Å². The highest BCUT2D eigenvalue weighted by Crippen LogP contribution is 2.14. The molecule has 1 aromatic rings. The van der Waals surface area contributed by atoms with Crippen molar-refractivity contribution < 1.29 is 0 Å². The summed E-state index contributed by atoms with van der Waals surface area (Å²) in [5.74, 6) is 0.962. The summed E-state index contributed by atoms with van der Waals surface area (Å²) in [6.45, 7) is 7.05. The summed E-state index contributed by atoms with van der Waals surface area (Å²) in [6.07, 6.45) is 3.74. The predicted molar refractivity (Wildman–Crippen MR) is 62.9 cm³/mol. The van der Waals surface area contributed by atoms with Crippen molar-refractivity contribution in [2.75, 3.05) is 6.54 Å². The molecule has 0 saturated carbocycles. The molecule has 1 rings (SSSR count). The van der Waals surface area contributed by atoms with Gasteiger partial charge in [-0.1, -0.05) is 20.8 Å². The molecule has 1 aromatic heterocycles. The maximum Gasteiger partial charge on any atom is 0.128 e. The smallest absolute Gasteiger partial charge is 0.128 e. The van der Waals surface area contributed by atoms with E-state index in [2.05, 4.69) is 30.7 Å². The van der Waals surface area contributed by atoms with E-state index in [4.69, 9.17) is 5.73 Å². The molecule has 0 saturated heterocycles. The minimum atomic E-state index is 0.675. The van der Waals surface area contributed by atoms with Gasteiger partial charge in [-0.15, -0.1) is 0 Å². The van der Waals surface area contributed by atoms with Gasteiger partial charge in [-0.2, -0.15) is 0 Å². The first-order valence-corrected chi connectivity index (χ1v) is 5.84. The molecular formula is C12H21N3. The summed E-state index contributed by atoms with van der Waals surface area (Å²) in [7, 11) is 0. The first-order valence-electron chi connectivity index (χ1n) is 5.84. The Morgan fingerprint density at radius 2 is 1.47 bits per heavy atom. The average molecular weight is 207 g/mol. The van der Waals surface area contributed by atoms with Gasteiger partial charge in [0.05, 0.1) is 0 Å². The molecule has 3 heteroatoms. The van der Waals surface area contributed by atoms with Crippen LogP contribution in [0.3, 0.4) is 0 Å². The molecule has 0 radical (unpaired) electrons. The Labute approximate surface area is 92.1 Å². The molecule has 0 aromatic carbocycles. The van der Waals surface area contributed by atoms with E-state index in [-0.39, 0.29) is 0 Å². The number of nitrogens with zero attached hydrogens (tertiary/aromatic N) is 2. The summed E-state index contributed by atoms with van der Waals surface area (Å²) < 4.78 is 0. The van der Waals surface area contributed by atoms with Gasteiger partial charge in [-0.25, -0.2) is 9.97 Å². The Morgan fingerprint density at radius 1 is 0.933 bits per heavy atom. The molecule has 0 aliphatic rings. The normalized spacial score (nSPS) is 10.7. The summed E-state index contributed by atoms with van der Waals surface area (Å²) in [5.41, 5.74) is 9.27. The third kappa shape index (κ3) is 2.75. The zero-order valence-corrected chi connectivity index (χ0v) is 10.0. The van der Waals surface area contributed by atoms with Crippen LogP contribution in [0.5, 0.6) is 0 Å². The summed E-state index contributed by atoms with van der Waals surface area (Å²) in [4.78, 5) is 9.14. The van der Waals surface area contributed by atoms with Crippen molar-refractivity contribution in [1.82, 2.24) is 9.97 Å². The number of hydrogen-bond donors (Lipinski definition) is 1. The standard InChI is InChI=1S/C12H21N3/c1-4-10-9(7-8-13)11(5-2)15-12(6-3)14-10/h4-8,13H2,1-3H3. The molecule has 0 unspecified atom stereocenters. The maximum atomic E-state index is 5.62. The quantitative estimate of drug-likeness (QED) is 0.799. The molecule has 1 heterocycles. The van der Waals surface area contributed by atoms with Crippen LogP contribution in [0, 0.1) is 0 Å². The Hall–Kier alpha value is -0.960. The molecule has 0 aliphatic carbocycles. The van der Waals surface area contributed by atoms with Crippen LogP contribution >= 0.6 is 0 Å². The van der Waals surface area contributed by atoms with Crippen molar-refractivity contribution in [3.8, 4) is 0 Å². The van der Waals surface area contributed by atoms with Crippen LogP contribution in [0.15, 0.2) is 0 Å². The van der Waals surface area contributed by atoms with Crippen molar-refractivity contribution in [3.63, 3.8) is 0 Å².